The molecule has 22 heavy (non-hydrogen) atoms. The number of aryl methyl sites for hydroxylation is 2. The van der Waals surface area contributed by atoms with Crippen molar-refractivity contribution in [2.45, 2.75) is 25.9 Å². The number of H-pyrrole nitrogens is 1. The van der Waals surface area contributed by atoms with Crippen LogP contribution in [0.5, 0.6) is 0 Å². The molecule has 1 heterocycles. The fraction of sp³-hybridized carbons (Fsp3) is 0.385. The van der Waals surface area contributed by atoms with Crippen molar-refractivity contribution in [2.75, 3.05) is 7.11 Å². The van der Waals surface area contributed by atoms with Crippen molar-refractivity contribution in [3.05, 3.63) is 39.3 Å². The second-order valence-electron chi connectivity index (χ2n) is 4.53. The van der Waals surface area contributed by atoms with E-state index >= 15 is 0 Å². The number of aliphatic hydroxyl groups excluding tert-OH is 1. The number of nitrogens with one attached hydrogen (secondary N) is 1. The lowest BCUT2D eigenvalue weighted by atomic mass is 10.1. The molecule has 0 aromatic carbocycles. The van der Waals surface area contributed by atoms with Crippen molar-refractivity contribution in [2.24, 2.45) is 0 Å². The maximum atomic E-state index is 13.6. The van der Waals surface area contributed by atoms with Crippen molar-refractivity contribution in [1.82, 2.24) is 4.98 Å². The van der Waals surface area contributed by atoms with Crippen LogP contribution < -0.4 is 5.56 Å². The lowest BCUT2D eigenvalue weighted by Crippen LogP contribution is -2.49. The van der Waals surface area contributed by atoms with E-state index in [-0.39, 0.29) is 11.6 Å². The smallest absolute Gasteiger partial charge is 0.456 e. The summed E-state index contributed by atoms with van der Waals surface area (Å²) >= 11 is 0. The molecule has 5 nitrogen and oxygen atoms in total. The number of hydrogen-bond acceptors (Lipinski definition) is 4. The van der Waals surface area contributed by atoms with E-state index in [0.717, 1.165) is 0 Å². The van der Waals surface area contributed by atoms with Crippen LogP contribution in [0.4, 0.5) is 17.6 Å². The van der Waals surface area contributed by atoms with Crippen molar-refractivity contribution in [1.29, 1.82) is 0 Å². The highest BCUT2D eigenvalue weighted by molar-refractivity contribution is 6.01. The third-order valence-corrected chi connectivity index (χ3v) is 2.85. The average molecular weight is 323 g/mol. The zero-order valence-electron chi connectivity index (χ0n) is 11.8. The van der Waals surface area contributed by atoms with E-state index < -0.39 is 34.7 Å². The maximum absolute atomic E-state index is 13.6. The van der Waals surface area contributed by atoms with E-state index in [1.54, 1.807) is 6.92 Å². The summed E-state index contributed by atoms with van der Waals surface area (Å²) in [6.07, 6.45) is -5.66. The van der Waals surface area contributed by atoms with Gasteiger partial charge in [-0.2, -0.15) is 17.6 Å². The quantitative estimate of drug-likeness (QED) is 0.506. The molecule has 1 atom stereocenters. The Labute approximate surface area is 122 Å². The van der Waals surface area contributed by atoms with Gasteiger partial charge in [0.05, 0.1) is 5.56 Å². The van der Waals surface area contributed by atoms with Gasteiger partial charge in [0.15, 0.2) is 0 Å². The summed E-state index contributed by atoms with van der Waals surface area (Å²) in [4.78, 5) is 25.4. The molecule has 0 fully saturated rings. The standard InChI is InChI=1S/C13H13F4NO4/c1-6-4-7(2)18-11(21)10(6)8(19)5-9(20)12(14,22-3)13(15,16)17/h4-5,19H,1-3H3,(H,18,21)/b8-5-. The molecule has 0 bridgehead atoms. The predicted molar refractivity (Wildman–Crippen MR) is 69.1 cm³/mol. The van der Waals surface area contributed by atoms with Gasteiger partial charge in [0.2, 0.25) is 5.78 Å². The Kier molecular flexibility index (Phi) is 4.81. The minimum absolute atomic E-state index is 0.0239. The van der Waals surface area contributed by atoms with Crippen LogP contribution in [-0.4, -0.2) is 35.0 Å². The molecule has 2 N–H and O–H groups in total. The third kappa shape index (κ3) is 3.19. The predicted octanol–water partition coefficient (Wildman–Crippen LogP) is 2.33. The minimum atomic E-state index is -5.63. The van der Waals surface area contributed by atoms with Gasteiger partial charge in [-0.25, -0.2) is 0 Å². The van der Waals surface area contributed by atoms with Crippen LogP contribution >= 0.6 is 0 Å². The summed E-state index contributed by atoms with van der Waals surface area (Å²) in [6, 6.07) is 1.42. The number of methoxy groups -OCH3 is 1. The van der Waals surface area contributed by atoms with E-state index in [1.807, 2.05) is 0 Å². The van der Waals surface area contributed by atoms with Gasteiger partial charge in [0.25, 0.3) is 5.56 Å². The van der Waals surface area contributed by atoms with Gasteiger partial charge in [-0.15, -0.1) is 0 Å². The molecular weight excluding hydrogens is 310 g/mol. The number of ketones is 1. The van der Waals surface area contributed by atoms with E-state index in [0.29, 0.717) is 12.8 Å². The Balaban J connectivity index is 3.35. The highest BCUT2D eigenvalue weighted by atomic mass is 19.4. The summed E-state index contributed by atoms with van der Waals surface area (Å²) in [6.45, 7) is 2.94. The molecule has 0 saturated heterocycles. The number of aromatic nitrogens is 1. The summed E-state index contributed by atoms with van der Waals surface area (Å²) in [5.74, 6) is -7.88. The molecule has 0 radical (unpaired) electrons. The monoisotopic (exact) mass is 323 g/mol. The minimum Gasteiger partial charge on any atom is -0.507 e. The topological polar surface area (TPSA) is 79.4 Å². The highest BCUT2D eigenvalue weighted by Crippen LogP contribution is 2.36. The Morgan fingerprint density at radius 3 is 2.27 bits per heavy atom. The summed E-state index contributed by atoms with van der Waals surface area (Å²) < 4.78 is 54.8. The van der Waals surface area contributed by atoms with Gasteiger partial charge >= 0.3 is 12.0 Å². The molecule has 1 unspecified atom stereocenters. The number of aromatic amines is 1. The summed E-state index contributed by atoms with van der Waals surface area (Å²) in [5.41, 5.74) is -0.610. The second kappa shape index (κ2) is 5.91. The molecule has 0 amide bonds. The van der Waals surface area contributed by atoms with E-state index in [9.17, 15) is 32.3 Å². The Morgan fingerprint density at radius 2 is 1.86 bits per heavy atom. The number of ether oxygens (including phenoxy) is 1. The average Bonchev–Trinajstić information content (AvgIpc) is 2.34. The number of hydrogen-bond donors (Lipinski definition) is 2. The molecule has 0 aliphatic carbocycles. The van der Waals surface area contributed by atoms with Crippen LogP contribution in [0.1, 0.15) is 16.8 Å². The molecule has 0 aliphatic heterocycles. The lowest BCUT2D eigenvalue weighted by Gasteiger charge is -2.23. The third-order valence-electron chi connectivity index (χ3n) is 2.85. The fourth-order valence-corrected chi connectivity index (χ4v) is 1.82. The highest BCUT2D eigenvalue weighted by Gasteiger charge is 2.62. The van der Waals surface area contributed by atoms with E-state index in [2.05, 4.69) is 9.72 Å². The molecule has 1 aromatic heterocycles. The van der Waals surface area contributed by atoms with Gasteiger partial charge in [-0.05, 0) is 25.5 Å². The van der Waals surface area contributed by atoms with Crippen LogP contribution in [-0.2, 0) is 9.53 Å². The number of pyridine rings is 1. The first kappa shape index (κ1) is 17.9. The molecule has 9 heteroatoms. The van der Waals surface area contributed by atoms with Gasteiger partial charge < -0.3 is 14.8 Å². The van der Waals surface area contributed by atoms with Crippen molar-refractivity contribution in [3.63, 3.8) is 0 Å². The van der Waals surface area contributed by atoms with Gasteiger partial charge in [0, 0.05) is 18.9 Å². The normalized spacial score (nSPS) is 15.5. The summed E-state index contributed by atoms with van der Waals surface area (Å²) in [5, 5.41) is 9.70. The molecule has 0 spiro atoms. The zero-order chi connectivity index (χ0) is 17.3. The van der Waals surface area contributed by atoms with Gasteiger partial charge in [-0.3, -0.25) is 9.59 Å². The van der Waals surface area contributed by atoms with Crippen LogP contribution in [0.25, 0.3) is 5.76 Å². The lowest BCUT2D eigenvalue weighted by molar-refractivity contribution is -0.304. The number of halogens is 4. The Morgan fingerprint density at radius 1 is 1.32 bits per heavy atom. The largest absolute Gasteiger partial charge is 0.507 e. The van der Waals surface area contributed by atoms with Gasteiger partial charge in [0.1, 0.15) is 5.76 Å². The SMILES string of the molecule is COC(F)(C(=O)/C=C(\O)c1c(C)cc(C)[nH]c1=O)C(F)(F)F. The first-order valence-corrected chi connectivity index (χ1v) is 5.90. The fourth-order valence-electron chi connectivity index (χ4n) is 1.82. The second-order valence-corrected chi connectivity index (χ2v) is 4.53. The molecule has 0 saturated carbocycles. The molecular formula is C13H13F4NO4. The number of rotatable bonds is 4. The number of alkyl halides is 4. The van der Waals surface area contributed by atoms with E-state index in [4.69, 9.17) is 0 Å². The Bertz CT molecular complexity index is 678. The van der Waals surface area contributed by atoms with Crippen molar-refractivity contribution in [3.8, 4) is 0 Å². The van der Waals surface area contributed by atoms with Crippen molar-refractivity contribution < 1.29 is 32.2 Å². The maximum Gasteiger partial charge on any atom is 0.456 e. The van der Waals surface area contributed by atoms with Crippen molar-refractivity contribution >= 4 is 11.5 Å². The van der Waals surface area contributed by atoms with Crippen LogP contribution in [0.15, 0.2) is 16.9 Å². The van der Waals surface area contributed by atoms with Crippen LogP contribution in [0, 0.1) is 13.8 Å². The van der Waals surface area contributed by atoms with Gasteiger partial charge in [-0.1, -0.05) is 0 Å². The van der Waals surface area contributed by atoms with E-state index in [1.165, 1.54) is 13.0 Å². The van der Waals surface area contributed by atoms with Crippen LogP contribution in [0.2, 0.25) is 0 Å². The molecule has 1 aromatic rings. The number of carbonyl (C=O) groups excluding carboxylic acids is 1. The van der Waals surface area contributed by atoms with Crippen LogP contribution in [0.3, 0.4) is 0 Å². The first-order valence-electron chi connectivity index (χ1n) is 5.90. The summed E-state index contributed by atoms with van der Waals surface area (Å²) in [7, 11) is 0.361. The zero-order valence-corrected chi connectivity index (χ0v) is 11.8. The Hall–Kier alpha value is -2.16. The number of aliphatic hydroxyl groups is 1. The first-order chi connectivity index (χ1) is 9.94. The molecule has 0 aliphatic rings. The number of carbonyl (C=O) groups is 1. The molecule has 122 valence electrons. The molecule has 1 rings (SSSR count).